The molecular formula is C40H24N4O. The van der Waals surface area contributed by atoms with E-state index in [2.05, 4.69) is 118 Å². The van der Waals surface area contributed by atoms with Crippen molar-refractivity contribution in [3.05, 3.63) is 146 Å². The minimum Gasteiger partial charge on any atom is -0.456 e. The third-order valence-corrected chi connectivity index (χ3v) is 8.95. The van der Waals surface area contributed by atoms with Crippen molar-refractivity contribution in [1.29, 1.82) is 0 Å². The van der Waals surface area contributed by atoms with Crippen LogP contribution in [0.25, 0.3) is 77.6 Å². The Bertz CT molecular complexity index is 2610. The molecule has 4 heterocycles. The van der Waals surface area contributed by atoms with Gasteiger partial charge in [-0.3, -0.25) is 0 Å². The summed E-state index contributed by atoms with van der Waals surface area (Å²) in [5, 5.41) is 4.63. The van der Waals surface area contributed by atoms with Gasteiger partial charge >= 0.3 is 0 Å². The number of aromatic nitrogens is 4. The first-order valence-electron chi connectivity index (χ1n) is 15.1. The Morgan fingerprint density at radius 3 is 2.24 bits per heavy atom. The summed E-state index contributed by atoms with van der Waals surface area (Å²) in [5.41, 5.74) is 9.57. The predicted octanol–water partition coefficient (Wildman–Crippen LogP) is 10.1. The lowest BCUT2D eigenvalue weighted by Crippen LogP contribution is -2.02. The lowest BCUT2D eigenvalue weighted by molar-refractivity contribution is 0.486. The molecule has 0 saturated carbocycles. The summed E-state index contributed by atoms with van der Waals surface area (Å²) in [7, 11) is 0. The van der Waals surface area contributed by atoms with Gasteiger partial charge in [-0.25, -0.2) is 9.97 Å². The maximum absolute atomic E-state index is 6.18. The van der Waals surface area contributed by atoms with E-state index in [1.807, 2.05) is 36.4 Å². The average Bonchev–Trinajstić information content (AvgIpc) is 3.66. The summed E-state index contributed by atoms with van der Waals surface area (Å²) >= 11 is 0. The molecule has 5 nitrogen and oxygen atoms in total. The number of rotatable bonds is 3. The molecule has 1 aliphatic rings. The second kappa shape index (κ2) is 9.15. The lowest BCUT2D eigenvalue weighted by Gasteiger charge is -2.20. The minimum absolute atomic E-state index is 0.700. The maximum Gasteiger partial charge on any atom is 0.160 e. The number of hydrogen-bond acceptors (Lipinski definition) is 3. The van der Waals surface area contributed by atoms with Gasteiger partial charge in [-0.05, 0) is 84.9 Å². The predicted molar refractivity (Wildman–Crippen MR) is 182 cm³/mol. The molecule has 10 rings (SSSR count). The largest absolute Gasteiger partial charge is 0.456 e. The van der Waals surface area contributed by atoms with Crippen LogP contribution in [0.1, 0.15) is 0 Å². The molecular weight excluding hydrogens is 552 g/mol. The SMILES string of the molecule is c1ccc(-n2c3ccccc3c3cc4c(ccn4-c4ccc(-c5nc6c7c(cccc7n5)Oc5ccccc5-6)cc4)cc32)cc1. The van der Waals surface area contributed by atoms with Gasteiger partial charge < -0.3 is 13.9 Å². The Balaban J connectivity index is 1.10. The highest BCUT2D eigenvalue weighted by atomic mass is 16.5. The first-order valence-corrected chi connectivity index (χ1v) is 15.1. The van der Waals surface area contributed by atoms with E-state index in [0.29, 0.717) is 5.82 Å². The molecule has 45 heavy (non-hydrogen) atoms. The second-order valence-electron chi connectivity index (χ2n) is 11.5. The smallest absolute Gasteiger partial charge is 0.160 e. The van der Waals surface area contributed by atoms with Crippen LogP contribution in [0.5, 0.6) is 11.5 Å². The lowest BCUT2D eigenvalue weighted by atomic mass is 10.0. The van der Waals surface area contributed by atoms with E-state index in [9.17, 15) is 0 Å². The number of benzene rings is 6. The van der Waals surface area contributed by atoms with E-state index >= 15 is 0 Å². The highest BCUT2D eigenvalue weighted by Gasteiger charge is 2.23. The first-order chi connectivity index (χ1) is 22.3. The third kappa shape index (κ3) is 3.55. The summed E-state index contributed by atoms with van der Waals surface area (Å²) in [6.07, 6.45) is 2.16. The molecule has 0 bridgehead atoms. The molecule has 0 fully saturated rings. The summed E-state index contributed by atoms with van der Waals surface area (Å²) < 4.78 is 10.8. The molecule has 6 aromatic carbocycles. The zero-order valence-corrected chi connectivity index (χ0v) is 24.1. The quantitative estimate of drug-likeness (QED) is 0.210. The molecule has 1 aliphatic heterocycles. The molecule has 9 aromatic rings. The number of para-hydroxylation sites is 3. The highest BCUT2D eigenvalue weighted by Crippen LogP contribution is 2.45. The molecule has 5 heteroatoms. The van der Waals surface area contributed by atoms with Crippen LogP contribution in [0, 0.1) is 0 Å². The van der Waals surface area contributed by atoms with Crippen molar-refractivity contribution >= 4 is 43.6 Å². The molecule has 3 aromatic heterocycles. The third-order valence-electron chi connectivity index (χ3n) is 8.95. The van der Waals surface area contributed by atoms with Gasteiger partial charge in [0.2, 0.25) is 0 Å². The molecule has 0 radical (unpaired) electrons. The summed E-state index contributed by atoms with van der Waals surface area (Å²) in [4.78, 5) is 10.0. The van der Waals surface area contributed by atoms with Gasteiger partial charge in [-0.2, -0.15) is 0 Å². The van der Waals surface area contributed by atoms with E-state index in [1.165, 1.54) is 32.7 Å². The molecule has 0 amide bonds. The Hall–Kier alpha value is -6.20. The van der Waals surface area contributed by atoms with Gasteiger partial charge in [0.15, 0.2) is 5.82 Å². The van der Waals surface area contributed by atoms with Crippen LogP contribution in [0.15, 0.2) is 146 Å². The zero-order chi connectivity index (χ0) is 29.5. The Labute approximate surface area is 258 Å². The van der Waals surface area contributed by atoms with E-state index in [1.54, 1.807) is 0 Å². The van der Waals surface area contributed by atoms with Crippen molar-refractivity contribution in [2.24, 2.45) is 0 Å². The minimum atomic E-state index is 0.700. The molecule has 0 unspecified atom stereocenters. The standard InChI is InChI=1S/C40H24N4O/c1-2-9-28(10-3-1)44-33-14-6-4-11-29(33)31-24-34-26(23-35(31)44)21-22-43(34)27-19-17-25(18-20-27)40-41-32-13-8-16-37-38(32)39(42-40)30-12-5-7-15-36(30)45-37/h1-24H. The van der Waals surface area contributed by atoms with Crippen molar-refractivity contribution in [1.82, 2.24) is 19.1 Å². The number of hydrogen-bond donors (Lipinski definition) is 0. The van der Waals surface area contributed by atoms with Gasteiger partial charge in [0.05, 0.1) is 33.1 Å². The van der Waals surface area contributed by atoms with Crippen molar-refractivity contribution in [2.45, 2.75) is 0 Å². The van der Waals surface area contributed by atoms with E-state index in [4.69, 9.17) is 14.7 Å². The van der Waals surface area contributed by atoms with Crippen LogP contribution in [-0.4, -0.2) is 19.1 Å². The fourth-order valence-corrected chi connectivity index (χ4v) is 6.88. The van der Waals surface area contributed by atoms with Gasteiger partial charge in [0.25, 0.3) is 0 Å². The zero-order valence-electron chi connectivity index (χ0n) is 24.1. The Morgan fingerprint density at radius 1 is 0.533 bits per heavy atom. The van der Waals surface area contributed by atoms with Crippen LogP contribution < -0.4 is 4.74 Å². The fraction of sp³-hybridized carbons (Fsp3) is 0. The van der Waals surface area contributed by atoms with Crippen LogP contribution in [-0.2, 0) is 0 Å². The number of nitrogens with zero attached hydrogens (tertiary/aromatic N) is 4. The van der Waals surface area contributed by atoms with Crippen LogP contribution in [0.2, 0.25) is 0 Å². The van der Waals surface area contributed by atoms with Crippen molar-refractivity contribution in [3.8, 4) is 45.5 Å². The van der Waals surface area contributed by atoms with E-state index in [0.717, 1.165) is 50.6 Å². The highest BCUT2D eigenvalue weighted by molar-refractivity contribution is 6.13. The topological polar surface area (TPSA) is 44.9 Å². The van der Waals surface area contributed by atoms with Gasteiger partial charge in [0.1, 0.15) is 11.5 Å². The van der Waals surface area contributed by atoms with Gasteiger partial charge in [-0.15, -0.1) is 0 Å². The number of fused-ring (bicyclic) bond motifs is 6. The second-order valence-corrected chi connectivity index (χ2v) is 11.5. The van der Waals surface area contributed by atoms with Crippen LogP contribution in [0.3, 0.4) is 0 Å². The molecule has 0 aliphatic carbocycles. The maximum atomic E-state index is 6.18. The Kier molecular flexibility index (Phi) is 4.93. The summed E-state index contributed by atoms with van der Waals surface area (Å²) in [6, 6.07) is 48.7. The number of ether oxygens (including phenoxy) is 1. The van der Waals surface area contributed by atoms with E-state index in [-0.39, 0.29) is 0 Å². The van der Waals surface area contributed by atoms with Gasteiger partial charge in [0, 0.05) is 44.9 Å². The van der Waals surface area contributed by atoms with Crippen LogP contribution >= 0.6 is 0 Å². The summed E-state index contributed by atoms with van der Waals surface area (Å²) in [5.74, 6) is 2.31. The normalized spacial score (nSPS) is 12.2. The van der Waals surface area contributed by atoms with Crippen molar-refractivity contribution < 1.29 is 4.74 Å². The molecule has 0 spiro atoms. The molecule has 0 N–H and O–H groups in total. The molecule has 0 saturated heterocycles. The van der Waals surface area contributed by atoms with Crippen LogP contribution in [0.4, 0.5) is 0 Å². The van der Waals surface area contributed by atoms with Crippen molar-refractivity contribution in [2.75, 3.05) is 0 Å². The summed E-state index contributed by atoms with van der Waals surface area (Å²) in [6.45, 7) is 0. The monoisotopic (exact) mass is 576 g/mol. The Morgan fingerprint density at radius 2 is 1.33 bits per heavy atom. The fourth-order valence-electron chi connectivity index (χ4n) is 6.88. The average molecular weight is 577 g/mol. The first kappa shape index (κ1) is 24.3. The molecule has 210 valence electrons. The van der Waals surface area contributed by atoms with Crippen molar-refractivity contribution in [3.63, 3.8) is 0 Å². The van der Waals surface area contributed by atoms with E-state index < -0.39 is 0 Å². The van der Waals surface area contributed by atoms with Gasteiger partial charge in [-0.1, -0.05) is 54.6 Å². The molecule has 0 atom stereocenters.